The van der Waals surface area contributed by atoms with Gasteiger partial charge in [-0.2, -0.15) is 0 Å². The Balaban J connectivity index is 1.53. The van der Waals surface area contributed by atoms with E-state index < -0.39 is 0 Å². The number of thioether (sulfide) groups is 1. The summed E-state index contributed by atoms with van der Waals surface area (Å²) in [7, 11) is 0. The lowest BCUT2D eigenvalue weighted by molar-refractivity contribution is -0.115. The van der Waals surface area contributed by atoms with Crippen LogP contribution in [0.5, 0.6) is 0 Å². The van der Waals surface area contributed by atoms with Crippen LogP contribution in [-0.4, -0.2) is 40.2 Å². The molecule has 2 aromatic carbocycles. The normalized spacial score (nSPS) is 14.3. The summed E-state index contributed by atoms with van der Waals surface area (Å²) in [6.07, 6.45) is 0. The van der Waals surface area contributed by atoms with E-state index in [-0.39, 0.29) is 29.5 Å². The summed E-state index contributed by atoms with van der Waals surface area (Å²) in [6, 6.07) is 12.8. The largest absolute Gasteiger partial charge is 0.325 e. The Morgan fingerprint density at radius 2 is 1.70 bits per heavy atom. The molecule has 6 heteroatoms. The Bertz CT molecular complexity index is 875. The number of anilines is 1. The first-order chi connectivity index (χ1) is 12.9. The molecule has 0 bridgehead atoms. The van der Waals surface area contributed by atoms with Gasteiger partial charge in [-0.3, -0.25) is 19.3 Å². The van der Waals surface area contributed by atoms with Crippen molar-refractivity contribution in [2.45, 2.75) is 26.0 Å². The molecule has 0 aliphatic carbocycles. The molecule has 3 rings (SSSR count). The number of imide groups is 1. The summed E-state index contributed by atoms with van der Waals surface area (Å²) >= 11 is 1.43. The quantitative estimate of drug-likeness (QED) is 0.775. The van der Waals surface area contributed by atoms with E-state index in [1.807, 2.05) is 39.0 Å². The van der Waals surface area contributed by atoms with E-state index in [1.54, 1.807) is 24.3 Å². The number of hydrogen-bond donors (Lipinski definition) is 1. The highest BCUT2D eigenvalue weighted by molar-refractivity contribution is 8.00. The number of nitrogens with one attached hydrogen (secondary N) is 1. The average molecular weight is 382 g/mol. The summed E-state index contributed by atoms with van der Waals surface area (Å²) in [5.41, 5.74) is 3.81. The summed E-state index contributed by atoms with van der Waals surface area (Å²) in [5, 5.41) is 2.66. The van der Waals surface area contributed by atoms with E-state index in [9.17, 15) is 14.4 Å². The molecule has 1 unspecified atom stereocenters. The van der Waals surface area contributed by atoms with E-state index >= 15 is 0 Å². The molecule has 5 nitrogen and oxygen atoms in total. The lowest BCUT2D eigenvalue weighted by atomic mass is 10.1. The third-order valence-electron chi connectivity index (χ3n) is 4.58. The average Bonchev–Trinajstić information content (AvgIpc) is 2.89. The second kappa shape index (κ2) is 7.96. The predicted molar refractivity (Wildman–Crippen MR) is 108 cm³/mol. The molecule has 0 aromatic heterocycles. The minimum atomic E-state index is -0.292. The molecular formula is C21H22N2O3S. The van der Waals surface area contributed by atoms with Crippen molar-refractivity contribution >= 4 is 35.2 Å². The zero-order chi connectivity index (χ0) is 19.6. The fourth-order valence-corrected chi connectivity index (χ4v) is 3.80. The fraction of sp³-hybridized carbons (Fsp3) is 0.286. The van der Waals surface area contributed by atoms with Crippen LogP contribution in [-0.2, 0) is 4.79 Å². The highest BCUT2D eigenvalue weighted by atomic mass is 32.2. The molecule has 2 aromatic rings. The Kier molecular flexibility index (Phi) is 5.65. The van der Waals surface area contributed by atoms with Crippen LogP contribution in [0.15, 0.2) is 42.5 Å². The fourth-order valence-electron chi connectivity index (χ4n) is 2.94. The Morgan fingerprint density at radius 1 is 1.07 bits per heavy atom. The first kappa shape index (κ1) is 19.2. The first-order valence-electron chi connectivity index (χ1n) is 8.83. The number of nitrogens with zero attached hydrogens (tertiary/aromatic N) is 1. The lowest BCUT2D eigenvalue weighted by Gasteiger charge is -2.17. The third kappa shape index (κ3) is 4.06. The van der Waals surface area contributed by atoms with Crippen molar-refractivity contribution < 1.29 is 14.4 Å². The van der Waals surface area contributed by atoms with E-state index in [0.29, 0.717) is 16.9 Å². The van der Waals surface area contributed by atoms with Gasteiger partial charge in [-0.05, 0) is 50.1 Å². The zero-order valence-electron chi connectivity index (χ0n) is 15.6. The van der Waals surface area contributed by atoms with Crippen LogP contribution in [0, 0.1) is 13.8 Å². The molecule has 1 N–H and O–H groups in total. The van der Waals surface area contributed by atoms with Gasteiger partial charge < -0.3 is 5.32 Å². The van der Waals surface area contributed by atoms with Crippen molar-refractivity contribution in [2.75, 3.05) is 17.6 Å². The van der Waals surface area contributed by atoms with Gasteiger partial charge >= 0.3 is 0 Å². The first-order valence-corrected chi connectivity index (χ1v) is 9.88. The van der Waals surface area contributed by atoms with Crippen molar-refractivity contribution in [3.05, 3.63) is 64.7 Å². The predicted octanol–water partition coefficient (Wildman–Crippen LogP) is 3.66. The van der Waals surface area contributed by atoms with Gasteiger partial charge in [0.2, 0.25) is 5.91 Å². The maximum Gasteiger partial charge on any atom is 0.261 e. The summed E-state index contributed by atoms with van der Waals surface area (Å²) in [6.45, 7) is 6.05. The minimum Gasteiger partial charge on any atom is -0.325 e. The molecule has 3 amide bonds. The van der Waals surface area contributed by atoms with E-state index in [1.165, 1.54) is 16.7 Å². The molecule has 0 saturated heterocycles. The second-order valence-corrected chi connectivity index (χ2v) is 8.08. The van der Waals surface area contributed by atoms with Crippen molar-refractivity contribution in [2.24, 2.45) is 0 Å². The Hall–Kier alpha value is -2.60. The summed E-state index contributed by atoms with van der Waals surface area (Å²) < 4.78 is 0. The van der Waals surface area contributed by atoms with Gasteiger partial charge in [-0.1, -0.05) is 24.3 Å². The van der Waals surface area contributed by atoms with E-state index in [2.05, 4.69) is 5.32 Å². The van der Waals surface area contributed by atoms with Crippen LogP contribution >= 0.6 is 11.8 Å². The molecule has 27 heavy (non-hydrogen) atoms. The molecule has 140 valence electrons. The third-order valence-corrected chi connectivity index (χ3v) is 5.71. The topological polar surface area (TPSA) is 66.5 Å². The number of carbonyl (C=O) groups excluding carboxylic acids is 3. The van der Waals surface area contributed by atoms with Crippen LogP contribution in [0.1, 0.15) is 38.8 Å². The number of carbonyl (C=O) groups is 3. The SMILES string of the molecule is Cc1ccc(C)c(NC(=O)C(C)SCCN2C(=O)c3ccccc3C2=O)c1. The van der Waals surface area contributed by atoms with Crippen molar-refractivity contribution in [3.63, 3.8) is 0 Å². The van der Waals surface area contributed by atoms with Crippen LogP contribution < -0.4 is 5.32 Å². The molecule has 1 aliphatic heterocycles. The minimum absolute atomic E-state index is 0.0870. The van der Waals surface area contributed by atoms with E-state index in [4.69, 9.17) is 0 Å². The van der Waals surface area contributed by atoms with Crippen molar-refractivity contribution in [1.29, 1.82) is 0 Å². The molecule has 0 radical (unpaired) electrons. The number of aryl methyl sites for hydroxylation is 2. The highest BCUT2D eigenvalue weighted by Crippen LogP contribution is 2.24. The molecule has 1 atom stereocenters. The van der Waals surface area contributed by atoms with Crippen molar-refractivity contribution in [1.82, 2.24) is 4.90 Å². The van der Waals surface area contributed by atoms with Gasteiger partial charge in [-0.25, -0.2) is 0 Å². The summed E-state index contributed by atoms with van der Waals surface area (Å²) in [4.78, 5) is 38.4. The maximum atomic E-state index is 12.4. The smallest absolute Gasteiger partial charge is 0.261 e. The number of benzene rings is 2. The maximum absolute atomic E-state index is 12.4. The van der Waals surface area contributed by atoms with Crippen LogP contribution in [0.3, 0.4) is 0 Å². The number of hydrogen-bond acceptors (Lipinski definition) is 4. The molecule has 0 saturated carbocycles. The van der Waals surface area contributed by atoms with Crippen LogP contribution in [0.4, 0.5) is 5.69 Å². The monoisotopic (exact) mass is 382 g/mol. The molecule has 1 aliphatic rings. The standard InChI is InChI=1S/C21H22N2O3S/c1-13-8-9-14(2)18(12-13)22-19(24)15(3)27-11-10-23-20(25)16-6-4-5-7-17(16)21(23)26/h4-9,12,15H,10-11H2,1-3H3,(H,22,24). The molecular weight excluding hydrogens is 360 g/mol. The van der Waals surface area contributed by atoms with E-state index in [0.717, 1.165) is 16.8 Å². The molecule has 1 heterocycles. The van der Waals surface area contributed by atoms with Gasteiger partial charge in [0.15, 0.2) is 0 Å². The zero-order valence-corrected chi connectivity index (χ0v) is 16.4. The number of amides is 3. The second-order valence-electron chi connectivity index (χ2n) is 6.63. The summed E-state index contributed by atoms with van der Waals surface area (Å²) in [5.74, 6) is -0.101. The molecule has 0 fully saturated rings. The Labute approximate surface area is 163 Å². The number of fused-ring (bicyclic) bond motifs is 1. The van der Waals surface area contributed by atoms with Gasteiger partial charge in [0.1, 0.15) is 0 Å². The number of rotatable bonds is 6. The van der Waals surface area contributed by atoms with Crippen LogP contribution in [0.25, 0.3) is 0 Å². The van der Waals surface area contributed by atoms with Gasteiger partial charge in [-0.15, -0.1) is 11.8 Å². The lowest BCUT2D eigenvalue weighted by Crippen LogP contribution is -2.32. The van der Waals surface area contributed by atoms with Gasteiger partial charge in [0.05, 0.1) is 16.4 Å². The van der Waals surface area contributed by atoms with Crippen molar-refractivity contribution in [3.8, 4) is 0 Å². The molecule has 0 spiro atoms. The highest BCUT2D eigenvalue weighted by Gasteiger charge is 2.34. The van der Waals surface area contributed by atoms with Gasteiger partial charge in [0.25, 0.3) is 11.8 Å². The Morgan fingerprint density at radius 3 is 2.33 bits per heavy atom. The van der Waals surface area contributed by atoms with Crippen LogP contribution in [0.2, 0.25) is 0 Å². The van der Waals surface area contributed by atoms with Gasteiger partial charge in [0, 0.05) is 18.0 Å².